The molecule has 1 heterocycles. The molecule has 17 heavy (non-hydrogen) atoms. The van der Waals surface area contributed by atoms with Gasteiger partial charge < -0.3 is 5.32 Å². The van der Waals surface area contributed by atoms with E-state index >= 15 is 0 Å². The Morgan fingerprint density at radius 3 is 2.53 bits per heavy atom. The summed E-state index contributed by atoms with van der Waals surface area (Å²) in [7, 11) is 0. The quantitative estimate of drug-likeness (QED) is 0.825. The van der Waals surface area contributed by atoms with Gasteiger partial charge in [-0.1, -0.05) is 13.8 Å². The summed E-state index contributed by atoms with van der Waals surface area (Å²) in [5.74, 6) is -3.08. The fourth-order valence-electron chi connectivity index (χ4n) is 1.36. The predicted molar refractivity (Wildman–Crippen MR) is 60.6 cm³/mol. The number of rotatable bonds is 4. The standard InChI is InChI=1S/C12H16F2N2O/c1-4-12(3,5-2)16-11(17)8-6-7-15-10(14)9(8)13/h6-7H,4-5H2,1-3H3,(H,16,17). The van der Waals surface area contributed by atoms with E-state index in [-0.39, 0.29) is 5.56 Å². The Balaban J connectivity index is 2.94. The number of nitrogens with one attached hydrogen (secondary N) is 1. The maximum atomic E-state index is 13.3. The van der Waals surface area contributed by atoms with Crippen molar-refractivity contribution in [2.45, 2.75) is 39.2 Å². The van der Waals surface area contributed by atoms with Crippen LogP contribution in [-0.2, 0) is 0 Å². The Bertz CT molecular complexity index is 417. The lowest BCUT2D eigenvalue weighted by Crippen LogP contribution is -2.45. The van der Waals surface area contributed by atoms with Crippen LogP contribution in [0.3, 0.4) is 0 Å². The minimum Gasteiger partial charge on any atom is -0.347 e. The highest BCUT2D eigenvalue weighted by atomic mass is 19.2. The van der Waals surface area contributed by atoms with E-state index in [4.69, 9.17) is 0 Å². The highest BCUT2D eigenvalue weighted by molar-refractivity contribution is 5.94. The van der Waals surface area contributed by atoms with Gasteiger partial charge in [0.25, 0.3) is 5.91 Å². The number of halogens is 2. The highest BCUT2D eigenvalue weighted by Gasteiger charge is 2.25. The lowest BCUT2D eigenvalue weighted by Gasteiger charge is -2.28. The molecule has 0 aromatic carbocycles. The van der Waals surface area contributed by atoms with E-state index in [9.17, 15) is 13.6 Å². The van der Waals surface area contributed by atoms with Crippen LogP contribution in [0.5, 0.6) is 0 Å². The molecule has 1 N–H and O–H groups in total. The van der Waals surface area contributed by atoms with Crippen LogP contribution >= 0.6 is 0 Å². The van der Waals surface area contributed by atoms with Crippen LogP contribution in [0.2, 0.25) is 0 Å². The largest absolute Gasteiger partial charge is 0.347 e. The van der Waals surface area contributed by atoms with E-state index in [1.807, 2.05) is 20.8 Å². The fourth-order valence-corrected chi connectivity index (χ4v) is 1.36. The molecule has 0 aliphatic heterocycles. The first kappa shape index (κ1) is 13.5. The highest BCUT2D eigenvalue weighted by Crippen LogP contribution is 2.16. The molecule has 0 saturated carbocycles. The smallest absolute Gasteiger partial charge is 0.254 e. The van der Waals surface area contributed by atoms with Crippen molar-refractivity contribution in [3.8, 4) is 0 Å². The Labute approximate surface area is 99.2 Å². The SMILES string of the molecule is CCC(C)(CC)NC(=O)c1ccnc(F)c1F. The number of carbonyl (C=O) groups is 1. The summed E-state index contributed by atoms with van der Waals surface area (Å²) in [6, 6.07) is 1.17. The molecular formula is C12H16F2N2O. The van der Waals surface area contributed by atoms with Gasteiger partial charge in [-0.05, 0) is 25.8 Å². The molecule has 5 heteroatoms. The van der Waals surface area contributed by atoms with Crippen molar-refractivity contribution in [3.05, 3.63) is 29.6 Å². The van der Waals surface area contributed by atoms with Gasteiger partial charge in [-0.2, -0.15) is 4.39 Å². The van der Waals surface area contributed by atoms with Crippen molar-refractivity contribution < 1.29 is 13.6 Å². The van der Waals surface area contributed by atoms with Crippen LogP contribution in [0.4, 0.5) is 8.78 Å². The third kappa shape index (κ3) is 2.99. The summed E-state index contributed by atoms with van der Waals surface area (Å²) in [5, 5.41) is 2.70. The van der Waals surface area contributed by atoms with E-state index in [0.29, 0.717) is 12.8 Å². The van der Waals surface area contributed by atoms with E-state index < -0.39 is 23.2 Å². The van der Waals surface area contributed by atoms with Crippen LogP contribution in [0.1, 0.15) is 44.0 Å². The first-order chi connectivity index (χ1) is 7.93. The Kier molecular flexibility index (Phi) is 4.15. The zero-order chi connectivity index (χ0) is 13.1. The zero-order valence-electron chi connectivity index (χ0n) is 10.2. The van der Waals surface area contributed by atoms with Crippen molar-refractivity contribution in [2.24, 2.45) is 0 Å². The first-order valence-electron chi connectivity index (χ1n) is 5.56. The third-order valence-electron chi connectivity index (χ3n) is 3.07. The zero-order valence-corrected chi connectivity index (χ0v) is 10.2. The summed E-state index contributed by atoms with van der Waals surface area (Å²) < 4.78 is 26.2. The monoisotopic (exact) mass is 242 g/mol. The van der Waals surface area contributed by atoms with Crippen LogP contribution < -0.4 is 5.32 Å². The number of amides is 1. The molecule has 0 unspecified atom stereocenters. The molecule has 3 nitrogen and oxygen atoms in total. The van der Waals surface area contributed by atoms with Gasteiger partial charge in [-0.25, -0.2) is 9.37 Å². The van der Waals surface area contributed by atoms with Crippen molar-refractivity contribution in [3.63, 3.8) is 0 Å². The first-order valence-corrected chi connectivity index (χ1v) is 5.56. The summed E-state index contributed by atoms with van der Waals surface area (Å²) in [4.78, 5) is 14.9. The van der Waals surface area contributed by atoms with Gasteiger partial charge in [-0.15, -0.1) is 0 Å². The van der Waals surface area contributed by atoms with Crippen molar-refractivity contribution >= 4 is 5.91 Å². The molecule has 0 spiro atoms. The number of hydrogen-bond donors (Lipinski definition) is 1. The maximum absolute atomic E-state index is 13.3. The van der Waals surface area contributed by atoms with Gasteiger partial charge in [0.05, 0.1) is 5.56 Å². The number of aromatic nitrogens is 1. The van der Waals surface area contributed by atoms with Crippen LogP contribution in [0.25, 0.3) is 0 Å². The molecule has 0 fully saturated rings. The molecule has 0 radical (unpaired) electrons. The van der Waals surface area contributed by atoms with Crippen molar-refractivity contribution in [2.75, 3.05) is 0 Å². The van der Waals surface area contributed by atoms with Crippen LogP contribution in [0.15, 0.2) is 12.3 Å². The van der Waals surface area contributed by atoms with Crippen LogP contribution in [-0.4, -0.2) is 16.4 Å². The predicted octanol–water partition coefficient (Wildman–Crippen LogP) is 2.67. The molecule has 1 amide bonds. The molecule has 1 aromatic heterocycles. The van der Waals surface area contributed by atoms with Gasteiger partial charge in [0.2, 0.25) is 5.95 Å². The number of hydrogen-bond acceptors (Lipinski definition) is 2. The summed E-state index contributed by atoms with van der Waals surface area (Å²) in [5.41, 5.74) is -0.728. The molecule has 0 aliphatic carbocycles. The second-order valence-corrected chi connectivity index (χ2v) is 4.19. The Morgan fingerprint density at radius 1 is 1.41 bits per heavy atom. The minimum atomic E-state index is -1.26. The van der Waals surface area contributed by atoms with Gasteiger partial charge in [0.1, 0.15) is 0 Å². The summed E-state index contributed by atoms with van der Waals surface area (Å²) in [6.07, 6.45) is 2.50. The molecular weight excluding hydrogens is 226 g/mol. The van der Waals surface area contributed by atoms with Gasteiger partial charge in [0.15, 0.2) is 5.82 Å². The number of pyridine rings is 1. The lowest BCUT2D eigenvalue weighted by atomic mass is 9.95. The van der Waals surface area contributed by atoms with E-state index in [1.54, 1.807) is 0 Å². The van der Waals surface area contributed by atoms with E-state index in [2.05, 4.69) is 10.3 Å². The second-order valence-electron chi connectivity index (χ2n) is 4.19. The van der Waals surface area contributed by atoms with E-state index in [0.717, 1.165) is 6.20 Å². The van der Waals surface area contributed by atoms with Gasteiger partial charge >= 0.3 is 0 Å². The van der Waals surface area contributed by atoms with Crippen LogP contribution in [0, 0.1) is 11.8 Å². The maximum Gasteiger partial charge on any atom is 0.254 e. The minimum absolute atomic E-state index is 0.314. The Hall–Kier alpha value is -1.52. The molecule has 94 valence electrons. The fraction of sp³-hybridized carbons (Fsp3) is 0.500. The summed E-state index contributed by atoms with van der Waals surface area (Å²) >= 11 is 0. The Morgan fingerprint density at radius 2 is 2.00 bits per heavy atom. The number of carbonyl (C=O) groups excluding carboxylic acids is 1. The molecule has 0 bridgehead atoms. The molecule has 1 aromatic rings. The average Bonchev–Trinajstić information content (AvgIpc) is 2.32. The topological polar surface area (TPSA) is 42.0 Å². The van der Waals surface area contributed by atoms with E-state index in [1.165, 1.54) is 6.07 Å². The molecule has 0 atom stereocenters. The van der Waals surface area contributed by atoms with Crippen molar-refractivity contribution in [1.82, 2.24) is 10.3 Å². The van der Waals surface area contributed by atoms with Gasteiger partial charge in [-0.3, -0.25) is 4.79 Å². The second kappa shape index (κ2) is 5.21. The molecule has 0 aliphatic rings. The normalized spacial score (nSPS) is 11.4. The molecule has 1 rings (SSSR count). The lowest BCUT2D eigenvalue weighted by molar-refractivity contribution is 0.0895. The molecule has 0 saturated heterocycles. The average molecular weight is 242 g/mol. The summed E-state index contributed by atoms with van der Waals surface area (Å²) in [6.45, 7) is 5.71. The van der Waals surface area contributed by atoms with Gasteiger partial charge in [0, 0.05) is 11.7 Å². The van der Waals surface area contributed by atoms with Crippen molar-refractivity contribution in [1.29, 1.82) is 0 Å². The number of nitrogens with zero attached hydrogens (tertiary/aromatic N) is 1. The third-order valence-corrected chi connectivity index (χ3v) is 3.07.